The molecule has 39 heavy (non-hydrogen) atoms. The van der Waals surface area contributed by atoms with Gasteiger partial charge >= 0.3 is 0 Å². The summed E-state index contributed by atoms with van der Waals surface area (Å²) >= 11 is 0. The highest BCUT2D eigenvalue weighted by atomic mass is 16.5. The molecule has 5 rings (SSSR count). The van der Waals surface area contributed by atoms with Crippen molar-refractivity contribution in [2.75, 3.05) is 18.9 Å². The topological polar surface area (TPSA) is 104 Å². The largest absolute Gasteiger partial charge is 0.490 e. The second-order valence-corrected chi connectivity index (χ2v) is 9.36. The van der Waals surface area contributed by atoms with Crippen LogP contribution in [-0.2, 0) is 19.5 Å². The molecule has 3 N–H and O–H groups in total. The minimum absolute atomic E-state index is 0.277. The van der Waals surface area contributed by atoms with E-state index in [1.807, 2.05) is 92.1 Å². The quantitative estimate of drug-likeness (QED) is 0.252. The van der Waals surface area contributed by atoms with Gasteiger partial charge in [-0.1, -0.05) is 48.0 Å². The molecule has 0 radical (unpaired) electrons. The highest BCUT2D eigenvalue weighted by Crippen LogP contribution is 2.31. The van der Waals surface area contributed by atoms with Crippen molar-refractivity contribution in [1.29, 1.82) is 0 Å². The highest BCUT2D eigenvalue weighted by molar-refractivity contribution is 6.10. The number of carbonyl (C=O) groups excluding carboxylic acids is 1. The van der Waals surface area contributed by atoms with E-state index in [1.165, 1.54) is 5.56 Å². The molecular weight excluding hydrogens is 490 g/mol. The molecule has 200 valence electrons. The summed E-state index contributed by atoms with van der Waals surface area (Å²) in [5, 5.41) is 3.01. The van der Waals surface area contributed by atoms with E-state index in [2.05, 4.69) is 5.32 Å². The molecule has 8 heteroatoms. The summed E-state index contributed by atoms with van der Waals surface area (Å²) in [4.78, 5) is 23.1. The summed E-state index contributed by atoms with van der Waals surface area (Å²) < 4.78 is 13.4. The SMILES string of the molecule is CCOc1ccc(CCn2c(N)c(C(=O)NCc3ccc(C)cc3)c3nc4ccccc4nc32)cc1OCC. The molecule has 0 aliphatic heterocycles. The first-order valence-corrected chi connectivity index (χ1v) is 13.2. The number of nitrogens with two attached hydrogens (primary N) is 1. The Morgan fingerprint density at radius 2 is 1.56 bits per heavy atom. The molecule has 0 atom stereocenters. The lowest BCUT2D eigenvalue weighted by Crippen LogP contribution is -2.24. The lowest BCUT2D eigenvalue weighted by atomic mass is 10.1. The molecule has 0 saturated carbocycles. The molecule has 2 aromatic heterocycles. The van der Waals surface area contributed by atoms with Gasteiger partial charge in [0.15, 0.2) is 17.1 Å². The standard InChI is InChI=1S/C31H33N5O3/c1-4-38-25-15-14-21(18-26(25)39-5-2)16-17-36-29(32)27(31(37)33-19-22-12-10-20(3)11-13-22)28-30(36)35-24-9-7-6-8-23(24)34-28/h6-15,18H,4-5,16-17,19,32H2,1-3H3,(H,33,37). The number of aromatic nitrogens is 3. The van der Waals surface area contributed by atoms with Crippen molar-refractivity contribution in [3.8, 4) is 11.5 Å². The molecule has 0 aliphatic rings. The summed E-state index contributed by atoms with van der Waals surface area (Å²) in [5.74, 6) is 1.50. The number of para-hydroxylation sites is 2. The lowest BCUT2D eigenvalue weighted by molar-refractivity contribution is 0.0953. The Labute approximate surface area is 227 Å². The Balaban J connectivity index is 1.48. The first-order valence-electron chi connectivity index (χ1n) is 13.2. The molecule has 1 amide bonds. The monoisotopic (exact) mass is 523 g/mol. The fourth-order valence-corrected chi connectivity index (χ4v) is 4.64. The molecule has 0 aliphatic carbocycles. The molecule has 5 aromatic rings. The van der Waals surface area contributed by atoms with Crippen LogP contribution in [0.4, 0.5) is 5.82 Å². The van der Waals surface area contributed by atoms with Crippen molar-refractivity contribution in [3.05, 3.63) is 89.0 Å². The Bertz CT molecular complexity index is 1630. The predicted octanol–water partition coefficient (Wildman–Crippen LogP) is 5.45. The van der Waals surface area contributed by atoms with Crippen LogP contribution in [0.2, 0.25) is 0 Å². The van der Waals surface area contributed by atoms with Crippen LogP contribution in [0.5, 0.6) is 11.5 Å². The van der Waals surface area contributed by atoms with Crippen LogP contribution >= 0.6 is 0 Å². The zero-order chi connectivity index (χ0) is 27.4. The van der Waals surface area contributed by atoms with Gasteiger partial charge in [0.25, 0.3) is 5.91 Å². The smallest absolute Gasteiger partial charge is 0.257 e. The van der Waals surface area contributed by atoms with E-state index in [1.54, 1.807) is 0 Å². The number of hydrogen-bond donors (Lipinski definition) is 2. The number of hydrogen-bond acceptors (Lipinski definition) is 6. The maximum atomic E-state index is 13.5. The summed E-state index contributed by atoms with van der Waals surface area (Å²) in [6.07, 6.45) is 0.652. The minimum atomic E-state index is -0.277. The second-order valence-electron chi connectivity index (χ2n) is 9.36. The van der Waals surface area contributed by atoms with E-state index in [-0.39, 0.29) is 5.91 Å². The normalized spacial score (nSPS) is 11.2. The Morgan fingerprint density at radius 1 is 0.897 bits per heavy atom. The summed E-state index contributed by atoms with van der Waals surface area (Å²) in [6.45, 7) is 7.94. The van der Waals surface area contributed by atoms with Crippen LogP contribution in [0.15, 0.2) is 66.7 Å². The number of nitrogen functional groups attached to an aromatic ring is 1. The van der Waals surface area contributed by atoms with Crippen molar-refractivity contribution < 1.29 is 14.3 Å². The van der Waals surface area contributed by atoms with Gasteiger partial charge in [-0.15, -0.1) is 0 Å². The van der Waals surface area contributed by atoms with Crippen LogP contribution in [0, 0.1) is 6.92 Å². The van der Waals surface area contributed by atoms with E-state index >= 15 is 0 Å². The average molecular weight is 524 g/mol. The Kier molecular flexibility index (Phi) is 7.63. The summed E-state index contributed by atoms with van der Waals surface area (Å²) in [6, 6.07) is 21.6. The zero-order valence-electron chi connectivity index (χ0n) is 22.5. The number of fused-ring (bicyclic) bond motifs is 2. The van der Waals surface area contributed by atoms with Gasteiger partial charge in [0.2, 0.25) is 0 Å². The number of amides is 1. The predicted molar refractivity (Wildman–Crippen MR) is 154 cm³/mol. The third kappa shape index (κ3) is 5.50. The van der Waals surface area contributed by atoms with Crippen LogP contribution < -0.4 is 20.5 Å². The van der Waals surface area contributed by atoms with Crippen molar-refractivity contribution in [2.45, 2.75) is 40.3 Å². The highest BCUT2D eigenvalue weighted by Gasteiger charge is 2.24. The number of aryl methyl sites for hydroxylation is 3. The first kappa shape index (κ1) is 26.0. The fourth-order valence-electron chi connectivity index (χ4n) is 4.64. The van der Waals surface area contributed by atoms with Crippen molar-refractivity contribution in [2.24, 2.45) is 0 Å². The number of rotatable bonds is 10. The Hall–Kier alpha value is -4.59. The van der Waals surface area contributed by atoms with Gasteiger partial charge in [-0.3, -0.25) is 4.79 Å². The molecule has 8 nitrogen and oxygen atoms in total. The van der Waals surface area contributed by atoms with E-state index in [4.69, 9.17) is 25.2 Å². The van der Waals surface area contributed by atoms with Crippen molar-refractivity contribution in [3.63, 3.8) is 0 Å². The van der Waals surface area contributed by atoms with Crippen LogP contribution in [0.1, 0.15) is 40.9 Å². The van der Waals surface area contributed by atoms with Gasteiger partial charge in [-0.2, -0.15) is 0 Å². The summed E-state index contributed by atoms with van der Waals surface area (Å²) in [5.41, 5.74) is 12.8. The van der Waals surface area contributed by atoms with Crippen molar-refractivity contribution in [1.82, 2.24) is 19.9 Å². The van der Waals surface area contributed by atoms with E-state index < -0.39 is 0 Å². The van der Waals surface area contributed by atoms with Gasteiger partial charge in [0.1, 0.15) is 16.9 Å². The van der Waals surface area contributed by atoms with E-state index in [9.17, 15) is 4.79 Å². The second kappa shape index (κ2) is 11.4. The van der Waals surface area contributed by atoms with Crippen LogP contribution in [-0.4, -0.2) is 33.7 Å². The number of anilines is 1. The number of nitrogens with zero attached hydrogens (tertiary/aromatic N) is 3. The molecule has 2 heterocycles. The first-order chi connectivity index (χ1) is 19.0. The van der Waals surface area contributed by atoms with Gasteiger partial charge in [-0.25, -0.2) is 9.97 Å². The summed E-state index contributed by atoms with van der Waals surface area (Å²) in [7, 11) is 0. The van der Waals surface area contributed by atoms with Gasteiger partial charge in [-0.05, 0) is 62.6 Å². The lowest BCUT2D eigenvalue weighted by Gasteiger charge is -2.13. The average Bonchev–Trinajstić information content (AvgIpc) is 3.21. The number of nitrogens with one attached hydrogen (secondary N) is 1. The number of carbonyl (C=O) groups is 1. The zero-order valence-corrected chi connectivity index (χ0v) is 22.5. The molecule has 0 unspecified atom stereocenters. The third-order valence-corrected chi connectivity index (χ3v) is 6.62. The van der Waals surface area contributed by atoms with Crippen molar-refractivity contribution >= 4 is 33.9 Å². The van der Waals surface area contributed by atoms with Crippen LogP contribution in [0.25, 0.3) is 22.2 Å². The van der Waals surface area contributed by atoms with E-state index in [0.29, 0.717) is 66.5 Å². The number of ether oxygens (including phenoxy) is 2. The molecule has 3 aromatic carbocycles. The van der Waals surface area contributed by atoms with Gasteiger partial charge < -0.3 is 25.1 Å². The minimum Gasteiger partial charge on any atom is -0.490 e. The molecule has 0 spiro atoms. The maximum Gasteiger partial charge on any atom is 0.257 e. The van der Waals surface area contributed by atoms with Gasteiger partial charge in [0, 0.05) is 13.1 Å². The van der Waals surface area contributed by atoms with Gasteiger partial charge in [0.05, 0.1) is 24.2 Å². The third-order valence-electron chi connectivity index (χ3n) is 6.62. The maximum absolute atomic E-state index is 13.5. The van der Waals surface area contributed by atoms with E-state index in [0.717, 1.165) is 22.4 Å². The molecular formula is C31H33N5O3. The fraction of sp³-hybridized carbons (Fsp3) is 0.258. The molecule has 0 fully saturated rings. The number of benzene rings is 3. The molecule has 0 saturated heterocycles. The van der Waals surface area contributed by atoms with Crippen LogP contribution in [0.3, 0.4) is 0 Å². The molecule has 0 bridgehead atoms. The Morgan fingerprint density at radius 3 is 2.28 bits per heavy atom.